The van der Waals surface area contributed by atoms with Gasteiger partial charge in [-0.3, -0.25) is 4.90 Å². The molecule has 0 radical (unpaired) electrons. The molecule has 2 fully saturated rings. The van der Waals surface area contributed by atoms with Crippen LogP contribution in [0.5, 0.6) is 0 Å². The van der Waals surface area contributed by atoms with E-state index in [1.165, 1.54) is 0 Å². The van der Waals surface area contributed by atoms with E-state index in [1.54, 1.807) is 0 Å². The highest BCUT2D eigenvalue weighted by molar-refractivity contribution is 6.42. The van der Waals surface area contributed by atoms with Crippen molar-refractivity contribution in [1.29, 1.82) is 0 Å². The Hall–Kier alpha value is -1.01. The first-order chi connectivity index (χ1) is 12.5. The predicted octanol–water partition coefficient (Wildman–Crippen LogP) is 3.64. The van der Waals surface area contributed by atoms with Gasteiger partial charge in [-0.25, -0.2) is 4.79 Å². The maximum Gasteiger partial charge on any atom is 0.317 e. The molecule has 2 aliphatic heterocycles. The van der Waals surface area contributed by atoms with Crippen LogP contribution in [0.15, 0.2) is 18.2 Å². The summed E-state index contributed by atoms with van der Waals surface area (Å²) in [6.07, 6.45) is 2.19. The van der Waals surface area contributed by atoms with Gasteiger partial charge in [0.05, 0.1) is 22.8 Å². The number of nitrogens with one attached hydrogen (secondary N) is 1. The molecule has 2 amide bonds. The van der Waals surface area contributed by atoms with Crippen LogP contribution in [0.25, 0.3) is 0 Å². The molecule has 1 atom stereocenters. The Morgan fingerprint density at radius 1 is 1.23 bits per heavy atom. The lowest BCUT2D eigenvalue weighted by molar-refractivity contribution is -0.0291. The summed E-state index contributed by atoms with van der Waals surface area (Å²) in [4.78, 5) is 16.5. The summed E-state index contributed by atoms with van der Waals surface area (Å²) in [7, 11) is 0. The summed E-state index contributed by atoms with van der Waals surface area (Å²) in [5.41, 5.74) is 1.13. The fraction of sp³-hybridized carbons (Fsp3) is 0.632. The normalized spacial score (nSPS) is 22.4. The van der Waals surface area contributed by atoms with Crippen molar-refractivity contribution >= 4 is 29.2 Å². The second-order valence-corrected chi connectivity index (χ2v) is 8.15. The van der Waals surface area contributed by atoms with Crippen molar-refractivity contribution in [1.82, 2.24) is 15.1 Å². The molecule has 2 heterocycles. The number of likely N-dealkylation sites (tertiary alicyclic amines) is 1. The molecule has 1 N–H and O–H groups in total. The van der Waals surface area contributed by atoms with Gasteiger partial charge < -0.3 is 15.0 Å². The van der Waals surface area contributed by atoms with Crippen molar-refractivity contribution < 1.29 is 9.53 Å². The Bertz CT molecular complexity index is 621. The van der Waals surface area contributed by atoms with E-state index in [2.05, 4.69) is 17.1 Å². The highest BCUT2D eigenvalue weighted by Crippen LogP contribution is 2.23. The number of amides is 2. The number of nitrogens with zero attached hydrogens (tertiary/aromatic N) is 2. The van der Waals surface area contributed by atoms with Crippen LogP contribution in [0.3, 0.4) is 0 Å². The fourth-order valence-electron chi connectivity index (χ4n) is 3.47. The Kier molecular flexibility index (Phi) is 7.04. The second-order valence-electron chi connectivity index (χ2n) is 7.33. The highest BCUT2D eigenvalue weighted by Gasteiger charge is 2.24. The second kappa shape index (κ2) is 9.27. The number of hydrogen-bond acceptors (Lipinski definition) is 3. The van der Waals surface area contributed by atoms with E-state index in [9.17, 15) is 4.79 Å². The van der Waals surface area contributed by atoms with Crippen LogP contribution >= 0.6 is 23.2 Å². The highest BCUT2D eigenvalue weighted by atomic mass is 35.5. The molecule has 5 nitrogen and oxygen atoms in total. The molecule has 0 spiro atoms. The molecule has 2 saturated heterocycles. The molecule has 0 bridgehead atoms. The SMILES string of the molecule is CC1CCN(C(=O)NCC2CN(Cc3ccc(Cl)c(Cl)c3)CCO2)CC1. The number of rotatable bonds is 4. The number of halogens is 2. The van der Waals surface area contributed by atoms with Crippen molar-refractivity contribution in [3.05, 3.63) is 33.8 Å². The average molecular weight is 400 g/mol. The quantitative estimate of drug-likeness (QED) is 0.840. The van der Waals surface area contributed by atoms with E-state index in [-0.39, 0.29) is 12.1 Å². The third-order valence-electron chi connectivity index (χ3n) is 5.16. The number of ether oxygens (including phenoxy) is 1. The van der Waals surface area contributed by atoms with Crippen LogP contribution in [-0.2, 0) is 11.3 Å². The van der Waals surface area contributed by atoms with E-state index in [4.69, 9.17) is 27.9 Å². The van der Waals surface area contributed by atoms with E-state index in [0.29, 0.717) is 23.2 Å². The maximum atomic E-state index is 12.3. The summed E-state index contributed by atoms with van der Waals surface area (Å²) in [5, 5.41) is 4.19. The molecule has 7 heteroatoms. The van der Waals surface area contributed by atoms with Crippen molar-refractivity contribution in [2.75, 3.05) is 39.3 Å². The smallest absolute Gasteiger partial charge is 0.317 e. The van der Waals surface area contributed by atoms with Gasteiger partial charge in [0.2, 0.25) is 0 Å². The summed E-state index contributed by atoms with van der Waals surface area (Å²) < 4.78 is 5.82. The van der Waals surface area contributed by atoms with E-state index in [1.807, 2.05) is 23.1 Å². The molecule has 0 saturated carbocycles. The molecular weight excluding hydrogens is 373 g/mol. The van der Waals surface area contributed by atoms with Gasteiger partial charge in [0, 0.05) is 39.3 Å². The van der Waals surface area contributed by atoms with Gasteiger partial charge in [0.1, 0.15) is 0 Å². The third kappa shape index (κ3) is 5.49. The van der Waals surface area contributed by atoms with Gasteiger partial charge in [0.15, 0.2) is 0 Å². The van der Waals surface area contributed by atoms with Gasteiger partial charge in [-0.1, -0.05) is 36.2 Å². The van der Waals surface area contributed by atoms with Gasteiger partial charge in [0.25, 0.3) is 0 Å². The lowest BCUT2D eigenvalue weighted by atomic mass is 10.00. The molecule has 1 aromatic rings. The largest absolute Gasteiger partial charge is 0.374 e. The van der Waals surface area contributed by atoms with Gasteiger partial charge in [-0.2, -0.15) is 0 Å². The first-order valence-electron chi connectivity index (χ1n) is 9.32. The fourth-order valence-corrected chi connectivity index (χ4v) is 3.79. The zero-order valence-electron chi connectivity index (χ0n) is 15.2. The third-order valence-corrected chi connectivity index (χ3v) is 5.90. The van der Waals surface area contributed by atoms with Crippen LogP contribution in [-0.4, -0.2) is 61.3 Å². The summed E-state index contributed by atoms with van der Waals surface area (Å²) in [5.74, 6) is 0.718. The molecule has 1 aromatic carbocycles. The lowest BCUT2D eigenvalue weighted by Gasteiger charge is -2.34. The van der Waals surface area contributed by atoms with Crippen LogP contribution in [0.4, 0.5) is 4.79 Å². The standard InChI is InChI=1S/C19H27Cl2N3O2/c1-14-4-6-24(7-5-14)19(25)22-11-16-13-23(8-9-26-16)12-15-2-3-17(20)18(21)10-15/h2-3,10,14,16H,4-9,11-13H2,1H3,(H,22,25). The first kappa shape index (κ1) is 19.7. The molecule has 3 rings (SSSR count). The zero-order valence-corrected chi connectivity index (χ0v) is 16.7. The van der Waals surface area contributed by atoms with E-state index >= 15 is 0 Å². The summed E-state index contributed by atoms with van der Waals surface area (Å²) in [6.45, 7) is 7.62. The monoisotopic (exact) mass is 399 g/mol. The molecular formula is C19H27Cl2N3O2. The summed E-state index contributed by atoms with van der Waals surface area (Å²) >= 11 is 12.1. The van der Waals surface area contributed by atoms with Gasteiger partial charge in [-0.05, 0) is 36.5 Å². The molecule has 26 heavy (non-hydrogen) atoms. The van der Waals surface area contributed by atoms with Crippen LogP contribution in [0.1, 0.15) is 25.3 Å². The maximum absolute atomic E-state index is 12.3. The van der Waals surface area contributed by atoms with Crippen molar-refractivity contribution in [2.24, 2.45) is 5.92 Å². The number of morpholine rings is 1. The number of hydrogen-bond donors (Lipinski definition) is 1. The number of urea groups is 1. The molecule has 1 unspecified atom stereocenters. The average Bonchev–Trinajstić information content (AvgIpc) is 2.64. The molecule has 0 aromatic heterocycles. The molecule has 0 aliphatic carbocycles. The van der Waals surface area contributed by atoms with Crippen LogP contribution < -0.4 is 5.32 Å². The van der Waals surface area contributed by atoms with Gasteiger partial charge in [-0.15, -0.1) is 0 Å². The van der Waals surface area contributed by atoms with Crippen LogP contribution in [0, 0.1) is 5.92 Å². The Morgan fingerprint density at radius 3 is 2.73 bits per heavy atom. The summed E-state index contributed by atoms with van der Waals surface area (Å²) in [6, 6.07) is 5.77. The topological polar surface area (TPSA) is 44.8 Å². The van der Waals surface area contributed by atoms with Crippen molar-refractivity contribution in [3.8, 4) is 0 Å². The first-order valence-corrected chi connectivity index (χ1v) is 10.1. The minimum Gasteiger partial charge on any atom is -0.374 e. The number of benzene rings is 1. The van der Waals surface area contributed by atoms with E-state index in [0.717, 1.165) is 57.0 Å². The lowest BCUT2D eigenvalue weighted by Crippen LogP contribution is -2.50. The number of carbonyl (C=O) groups is 1. The zero-order chi connectivity index (χ0) is 18.5. The van der Waals surface area contributed by atoms with Gasteiger partial charge >= 0.3 is 6.03 Å². The van der Waals surface area contributed by atoms with Crippen molar-refractivity contribution in [2.45, 2.75) is 32.4 Å². The Morgan fingerprint density at radius 2 is 2.00 bits per heavy atom. The predicted molar refractivity (Wildman–Crippen MR) is 105 cm³/mol. The Balaban J connectivity index is 1.44. The number of piperidine rings is 1. The van der Waals surface area contributed by atoms with Crippen LogP contribution in [0.2, 0.25) is 10.0 Å². The number of carbonyl (C=O) groups excluding carboxylic acids is 1. The minimum atomic E-state index is 0.0131. The van der Waals surface area contributed by atoms with E-state index < -0.39 is 0 Å². The van der Waals surface area contributed by atoms with Crippen molar-refractivity contribution in [3.63, 3.8) is 0 Å². The minimum absolute atomic E-state index is 0.0131. The molecule has 144 valence electrons. The Labute approximate surface area is 165 Å². The molecule has 2 aliphatic rings.